The van der Waals surface area contributed by atoms with Gasteiger partial charge in [0, 0.05) is 19.6 Å². The van der Waals surface area contributed by atoms with Crippen molar-refractivity contribution in [3.05, 3.63) is 24.3 Å². The van der Waals surface area contributed by atoms with Gasteiger partial charge in [0.05, 0.1) is 11.0 Å². The molecule has 0 spiro atoms. The van der Waals surface area contributed by atoms with E-state index in [1.165, 1.54) is 6.42 Å². The van der Waals surface area contributed by atoms with Crippen LogP contribution in [0.5, 0.6) is 0 Å². The van der Waals surface area contributed by atoms with E-state index in [0.29, 0.717) is 6.04 Å². The number of aromatic amines is 1. The van der Waals surface area contributed by atoms with E-state index in [0.717, 1.165) is 30.1 Å². The normalized spacial score (nSPS) is 20.4. The number of rotatable bonds is 2. The molecule has 0 radical (unpaired) electrons. The third-order valence-corrected chi connectivity index (χ3v) is 3.29. The molecule has 4 nitrogen and oxygen atoms in total. The van der Waals surface area contributed by atoms with Gasteiger partial charge < -0.3 is 15.2 Å². The Morgan fingerprint density at radius 3 is 3.00 bits per heavy atom. The Labute approximate surface area is 94.7 Å². The van der Waals surface area contributed by atoms with Crippen molar-refractivity contribution in [2.45, 2.75) is 12.5 Å². The molecule has 1 atom stereocenters. The molecule has 16 heavy (non-hydrogen) atoms. The van der Waals surface area contributed by atoms with E-state index in [4.69, 9.17) is 0 Å². The van der Waals surface area contributed by atoms with E-state index >= 15 is 0 Å². The molecule has 1 fully saturated rings. The zero-order chi connectivity index (χ0) is 11.0. The number of fused-ring (bicyclic) bond motifs is 1. The molecule has 2 aromatic rings. The van der Waals surface area contributed by atoms with E-state index in [-0.39, 0.29) is 0 Å². The van der Waals surface area contributed by atoms with Crippen molar-refractivity contribution in [3.8, 4) is 0 Å². The number of anilines is 1. The van der Waals surface area contributed by atoms with Crippen molar-refractivity contribution in [2.75, 3.05) is 25.0 Å². The summed E-state index contributed by atoms with van der Waals surface area (Å²) in [5.41, 5.74) is 2.14. The Balaban J connectivity index is 1.92. The third kappa shape index (κ3) is 1.55. The fourth-order valence-corrected chi connectivity index (χ4v) is 2.25. The largest absolute Gasteiger partial charge is 0.341 e. The monoisotopic (exact) mass is 216 g/mol. The third-order valence-electron chi connectivity index (χ3n) is 3.29. The molecule has 1 aliphatic rings. The van der Waals surface area contributed by atoms with Crippen LogP contribution in [0.2, 0.25) is 0 Å². The summed E-state index contributed by atoms with van der Waals surface area (Å²) in [6.45, 7) is 2.16. The first kappa shape index (κ1) is 9.66. The smallest absolute Gasteiger partial charge is 0.203 e. The molecule has 1 aromatic carbocycles. The van der Waals surface area contributed by atoms with Crippen LogP contribution in [0, 0.1) is 0 Å². The minimum atomic E-state index is 0.556. The van der Waals surface area contributed by atoms with Crippen LogP contribution in [0.15, 0.2) is 24.3 Å². The zero-order valence-corrected chi connectivity index (χ0v) is 9.40. The molecular weight excluding hydrogens is 200 g/mol. The van der Waals surface area contributed by atoms with Crippen molar-refractivity contribution in [1.82, 2.24) is 15.3 Å². The second-order valence-corrected chi connectivity index (χ2v) is 4.34. The molecule has 1 saturated heterocycles. The molecule has 0 saturated carbocycles. The summed E-state index contributed by atoms with van der Waals surface area (Å²) in [4.78, 5) is 10.2. The van der Waals surface area contributed by atoms with Crippen LogP contribution in [-0.4, -0.2) is 36.1 Å². The van der Waals surface area contributed by atoms with Crippen molar-refractivity contribution in [2.24, 2.45) is 0 Å². The Hall–Kier alpha value is -1.55. The zero-order valence-electron chi connectivity index (χ0n) is 9.40. The topological polar surface area (TPSA) is 44.0 Å². The van der Waals surface area contributed by atoms with E-state index < -0.39 is 0 Å². The highest BCUT2D eigenvalue weighted by atomic mass is 15.3. The number of hydrogen-bond acceptors (Lipinski definition) is 3. The van der Waals surface area contributed by atoms with Crippen LogP contribution in [0.1, 0.15) is 6.42 Å². The summed E-state index contributed by atoms with van der Waals surface area (Å²) in [6, 6.07) is 8.70. The van der Waals surface area contributed by atoms with Gasteiger partial charge in [-0.05, 0) is 25.1 Å². The predicted molar refractivity (Wildman–Crippen MR) is 65.8 cm³/mol. The average molecular weight is 216 g/mol. The van der Waals surface area contributed by atoms with Crippen molar-refractivity contribution < 1.29 is 0 Å². The van der Waals surface area contributed by atoms with Gasteiger partial charge >= 0.3 is 0 Å². The van der Waals surface area contributed by atoms with Gasteiger partial charge in [-0.25, -0.2) is 4.98 Å². The number of imidazole rings is 1. The number of likely N-dealkylation sites (N-methyl/N-ethyl adjacent to an activating group) is 1. The van der Waals surface area contributed by atoms with Crippen LogP contribution < -0.4 is 10.2 Å². The number of para-hydroxylation sites is 2. The van der Waals surface area contributed by atoms with Crippen LogP contribution in [-0.2, 0) is 0 Å². The lowest BCUT2D eigenvalue weighted by Gasteiger charge is -2.22. The summed E-state index contributed by atoms with van der Waals surface area (Å²) in [7, 11) is 2.11. The van der Waals surface area contributed by atoms with Gasteiger partial charge in [-0.3, -0.25) is 0 Å². The van der Waals surface area contributed by atoms with E-state index in [2.05, 4.69) is 33.3 Å². The van der Waals surface area contributed by atoms with Gasteiger partial charge in [0.1, 0.15) is 0 Å². The lowest BCUT2D eigenvalue weighted by molar-refractivity contribution is 0.672. The number of hydrogen-bond donors (Lipinski definition) is 2. The Morgan fingerprint density at radius 1 is 1.38 bits per heavy atom. The fourth-order valence-electron chi connectivity index (χ4n) is 2.25. The Morgan fingerprint density at radius 2 is 2.25 bits per heavy atom. The quantitative estimate of drug-likeness (QED) is 0.796. The number of H-pyrrole nitrogens is 1. The first-order valence-corrected chi connectivity index (χ1v) is 5.73. The van der Waals surface area contributed by atoms with Crippen molar-refractivity contribution in [3.63, 3.8) is 0 Å². The van der Waals surface area contributed by atoms with Crippen LogP contribution >= 0.6 is 0 Å². The molecule has 2 heterocycles. The highest BCUT2D eigenvalue weighted by molar-refractivity contribution is 5.77. The predicted octanol–water partition coefficient (Wildman–Crippen LogP) is 1.36. The minimum Gasteiger partial charge on any atom is -0.341 e. The molecule has 2 N–H and O–H groups in total. The molecule has 0 aliphatic carbocycles. The Bertz CT molecular complexity index is 451. The molecular formula is C12H16N4. The number of aromatic nitrogens is 2. The standard InChI is InChI=1S/C12H16N4/c1-16(9-6-7-13-8-9)12-14-10-4-2-3-5-11(10)15-12/h2-5,9,13H,6-8H2,1H3,(H,14,15). The van der Waals surface area contributed by atoms with Gasteiger partial charge in [-0.2, -0.15) is 0 Å². The van der Waals surface area contributed by atoms with E-state index in [1.807, 2.05) is 18.2 Å². The molecule has 1 unspecified atom stereocenters. The van der Waals surface area contributed by atoms with Crippen LogP contribution in [0.3, 0.4) is 0 Å². The van der Waals surface area contributed by atoms with Crippen LogP contribution in [0.25, 0.3) is 11.0 Å². The summed E-state index contributed by atoms with van der Waals surface area (Å²) >= 11 is 0. The maximum atomic E-state index is 4.60. The summed E-state index contributed by atoms with van der Waals surface area (Å²) < 4.78 is 0. The molecule has 0 amide bonds. The highest BCUT2D eigenvalue weighted by Crippen LogP contribution is 2.19. The van der Waals surface area contributed by atoms with Crippen LogP contribution in [0.4, 0.5) is 5.95 Å². The first-order valence-electron chi connectivity index (χ1n) is 5.73. The maximum absolute atomic E-state index is 4.60. The van der Waals surface area contributed by atoms with Gasteiger partial charge in [0.15, 0.2) is 0 Å². The lowest BCUT2D eigenvalue weighted by atomic mass is 10.2. The van der Waals surface area contributed by atoms with Crippen molar-refractivity contribution >= 4 is 17.0 Å². The summed E-state index contributed by atoms with van der Waals surface area (Å²) in [5, 5.41) is 3.37. The first-order chi connectivity index (χ1) is 7.84. The fraction of sp³-hybridized carbons (Fsp3) is 0.417. The second kappa shape index (κ2) is 3.79. The number of nitrogens with zero attached hydrogens (tertiary/aromatic N) is 2. The summed E-state index contributed by atoms with van der Waals surface area (Å²) in [6.07, 6.45) is 1.19. The molecule has 1 aliphatic heterocycles. The van der Waals surface area contributed by atoms with Gasteiger partial charge in [-0.15, -0.1) is 0 Å². The maximum Gasteiger partial charge on any atom is 0.203 e. The number of benzene rings is 1. The molecule has 1 aromatic heterocycles. The molecule has 3 rings (SSSR count). The second-order valence-electron chi connectivity index (χ2n) is 4.34. The van der Waals surface area contributed by atoms with Gasteiger partial charge in [0.2, 0.25) is 5.95 Å². The van der Waals surface area contributed by atoms with Crippen molar-refractivity contribution in [1.29, 1.82) is 0 Å². The summed E-state index contributed by atoms with van der Waals surface area (Å²) in [5.74, 6) is 0.968. The SMILES string of the molecule is CN(c1nc2ccccc2[nH]1)C1CCNC1. The average Bonchev–Trinajstić information content (AvgIpc) is 2.97. The van der Waals surface area contributed by atoms with Gasteiger partial charge in [0.25, 0.3) is 0 Å². The minimum absolute atomic E-state index is 0.556. The molecule has 0 bridgehead atoms. The Kier molecular flexibility index (Phi) is 2.29. The highest BCUT2D eigenvalue weighted by Gasteiger charge is 2.21. The molecule has 84 valence electrons. The molecule has 4 heteroatoms. The van der Waals surface area contributed by atoms with E-state index in [9.17, 15) is 0 Å². The number of nitrogens with one attached hydrogen (secondary N) is 2. The lowest BCUT2D eigenvalue weighted by Crippen LogP contribution is -2.34. The van der Waals surface area contributed by atoms with Gasteiger partial charge in [-0.1, -0.05) is 12.1 Å². The van der Waals surface area contributed by atoms with E-state index in [1.54, 1.807) is 0 Å².